The Morgan fingerprint density at radius 3 is 2.86 bits per heavy atom. The van der Waals surface area contributed by atoms with Crippen molar-refractivity contribution in [3.63, 3.8) is 0 Å². The number of hydrogen-bond donors (Lipinski definition) is 1. The summed E-state index contributed by atoms with van der Waals surface area (Å²) < 4.78 is 16.3. The second-order valence-corrected chi connectivity index (χ2v) is 7.52. The molecular formula is C21H22FN7. The number of hydrogen-bond acceptors (Lipinski definition) is 6. The Hall–Kier alpha value is -3.42. The van der Waals surface area contributed by atoms with Gasteiger partial charge in [0.25, 0.3) is 0 Å². The number of benzene rings is 1. The molecule has 1 aromatic carbocycles. The minimum Gasteiger partial charge on any atom is -0.346 e. The molecule has 1 atom stereocenters. The highest BCUT2D eigenvalue weighted by atomic mass is 19.1. The molecule has 29 heavy (non-hydrogen) atoms. The highest BCUT2D eigenvalue weighted by Crippen LogP contribution is 2.41. The third kappa shape index (κ3) is 2.91. The molecule has 7 nitrogen and oxygen atoms in total. The van der Waals surface area contributed by atoms with E-state index in [0.717, 1.165) is 42.3 Å². The summed E-state index contributed by atoms with van der Waals surface area (Å²) in [6.45, 7) is 7.06. The van der Waals surface area contributed by atoms with Gasteiger partial charge < -0.3 is 19.7 Å². The normalized spacial score (nSPS) is 18.0. The third-order valence-electron chi connectivity index (χ3n) is 5.65. The van der Waals surface area contributed by atoms with Crippen molar-refractivity contribution in [2.75, 3.05) is 28.7 Å². The van der Waals surface area contributed by atoms with Crippen LogP contribution in [0.15, 0.2) is 49.2 Å². The van der Waals surface area contributed by atoms with Gasteiger partial charge in [0.1, 0.15) is 11.5 Å². The van der Waals surface area contributed by atoms with Crippen LogP contribution in [0.1, 0.15) is 18.5 Å². The molecule has 2 aromatic heterocycles. The first-order valence-electron chi connectivity index (χ1n) is 9.65. The van der Waals surface area contributed by atoms with E-state index in [-0.39, 0.29) is 11.9 Å². The molecule has 3 aromatic rings. The molecule has 0 aliphatic carbocycles. The quantitative estimate of drug-likeness (QED) is 0.733. The highest BCUT2D eigenvalue weighted by Gasteiger charge is 2.37. The second-order valence-electron chi connectivity index (χ2n) is 7.52. The van der Waals surface area contributed by atoms with Gasteiger partial charge >= 0.3 is 0 Å². The summed E-state index contributed by atoms with van der Waals surface area (Å²) in [5, 5.41) is 3.13. The maximum absolute atomic E-state index is 14.6. The number of imidazole rings is 1. The monoisotopic (exact) mass is 391 g/mol. The van der Waals surface area contributed by atoms with Crippen LogP contribution in [0.5, 0.6) is 0 Å². The molecule has 2 aliphatic heterocycles. The number of likely N-dealkylation sites (N-methyl/N-ethyl adjacent to an activating group) is 1. The Morgan fingerprint density at radius 2 is 2.10 bits per heavy atom. The summed E-state index contributed by atoms with van der Waals surface area (Å²) in [7, 11) is 2.00. The lowest BCUT2D eigenvalue weighted by atomic mass is 10.1. The zero-order valence-electron chi connectivity index (χ0n) is 16.4. The van der Waals surface area contributed by atoms with Crippen LogP contribution in [-0.4, -0.2) is 39.2 Å². The van der Waals surface area contributed by atoms with Gasteiger partial charge in [-0.2, -0.15) is 4.98 Å². The molecule has 0 saturated carbocycles. The summed E-state index contributed by atoms with van der Waals surface area (Å²) >= 11 is 0. The molecule has 148 valence electrons. The number of aromatic nitrogens is 4. The summed E-state index contributed by atoms with van der Waals surface area (Å²) in [6, 6.07) is 5.25. The lowest BCUT2D eigenvalue weighted by Crippen LogP contribution is -2.42. The standard InChI is InChI=1S/C21H22FN7/c1-13-11-28(12-24-13)18-7-6-15(9-16(18)22)25-21-23-10-19-20(26-21)29-8-4-5-17(29)14(2)27(19)3/h6-7,9-12,17H,2,4-5,8H2,1,3H3,(H,23,25,26). The van der Waals surface area contributed by atoms with Gasteiger partial charge in [-0.05, 0) is 38.0 Å². The number of nitrogens with one attached hydrogen (secondary N) is 1. The van der Waals surface area contributed by atoms with Gasteiger partial charge in [0.15, 0.2) is 5.82 Å². The summed E-state index contributed by atoms with van der Waals surface area (Å²) in [4.78, 5) is 17.7. The minimum atomic E-state index is -0.346. The van der Waals surface area contributed by atoms with Crippen molar-refractivity contribution in [3.05, 3.63) is 60.7 Å². The third-order valence-corrected chi connectivity index (χ3v) is 5.65. The van der Waals surface area contributed by atoms with E-state index < -0.39 is 0 Å². The fourth-order valence-corrected chi connectivity index (χ4v) is 4.10. The Balaban J connectivity index is 1.44. The maximum Gasteiger partial charge on any atom is 0.229 e. The Labute approximate surface area is 168 Å². The van der Waals surface area contributed by atoms with E-state index in [4.69, 9.17) is 4.98 Å². The Kier molecular flexibility index (Phi) is 4.01. The number of halogens is 1. The van der Waals surface area contributed by atoms with Crippen LogP contribution < -0.4 is 15.1 Å². The van der Waals surface area contributed by atoms with E-state index in [9.17, 15) is 4.39 Å². The summed E-state index contributed by atoms with van der Waals surface area (Å²) in [5.41, 5.74) is 3.89. The zero-order chi connectivity index (χ0) is 20.1. The van der Waals surface area contributed by atoms with Crippen molar-refractivity contribution in [2.45, 2.75) is 25.8 Å². The van der Waals surface area contributed by atoms with Crippen LogP contribution in [-0.2, 0) is 0 Å². The summed E-state index contributed by atoms with van der Waals surface area (Å²) in [6.07, 6.45) is 7.38. The van der Waals surface area contributed by atoms with Gasteiger partial charge in [-0.3, -0.25) is 0 Å². The lowest BCUT2D eigenvalue weighted by Gasteiger charge is -2.39. The largest absolute Gasteiger partial charge is 0.346 e. The Bertz CT molecular complexity index is 1110. The van der Waals surface area contributed by atoms with Gasteiger partial charge in [0, 0.05) is 31.2 Å². The van der Waals surface area contributed by atoms with Crippen molar-refractivity contribution in [3.8, 4) is 5.69 Å². The molecule has 1 saturated heterocycles. The molecule has 1 unspecified atom stereocenters. The van der Waals surface area contributed by atoms with E-state index in [1.807, 2.05) is 20.0 Å². The van der Waals surface area contributed by atoms with E-state index in [0.29, 0.717) is 17.3 Å². The number of aryl methyl sites for hydroxylation is 1. The van der Waals surface area contributed by atoms with Crippen molar-refractivity contribution in [1.82, 2.24) is 19.5 Å². The zero-order valence-corrected chi connectivity index (χ0v) is 16.4. The molecule has 0 bridgehead atoms. The van der Waals surface area contributed by atoms with Crippen molar-refractivity contribution >= 4 is 23.1 Å². The van der Waals surface area contributed by atoms with Gasteiger partial charge in [-0.25, -0.2) is 14.4 Å². The fraction of sp³-hybridized carbons (Fsp3) is 0.286. The van der Waals surface area contributed by atoms with Gasteiger partial charge in [-0.1, -0.05) is 6.58 Å². The van der Waals surface area contributed by atoms with Crippen LogP contribution in [0.3, 0.4) is 0 Å². The number of anilines is 4. The van der Waals surface area contributed by atoms with E-state index in [1.165, 1.54) is 6.07 Å². The topological polar surface area (TPSA) is 62.1 Å². The molecule has 0 spiro atoms. The van der Waals surface area contributed by atoms with Crippen LogP contribution >= 0.6 is 0 Å². The molecule has 1 N–H and O–H groups in total. The van der Waals surface area contributed by atoms with Crippen molar-refractivity contribution in [2.24, 2.45) is 0 Å². The average molecular weight is 391 g/mol. The first kappa shape index (κ1) is 17.7. The predicted octanol–water partition coefficient (Wildman–Crippen LogP) is 3.79. The van der Waals surface area contributed by atoms with Crippen LogP contribution in [0.4, 0.5) is 27.5 Å². The smallest absolute Gasteiger partial charge is 0.229 e. The minimum absolute atomic E-state index is 0.283. The fourth-order valence-electron chi connectivity index (χ4n) is 4.10. The van der Waals surface area contributed by atoms with Gasteiger partial charge in [0.2, 0.25) is 5.95 Å². The molecule has 0 radical (unpaired) electrons. The van der Waals surface area contributed by atoms with Gasteiger partial charge in [-0.15, -0.1) is 0 Å². The number of fused-ring (bicyclic) bond motifs is 3. The summed E-state index contributed by atoms with van der Waals surface area (Å²) in [5.74, 6) is 0.993. The first-order chi connectivity index (χ1) is 14.0. The van der Waals surface area contributed by atoms with Crippen LogP contribution in [0, 0.1) is 12.7 Å². The SMILES string of the molecule is C=C1C2CCCN2c2nc(Nc3ccc(-n4cnc(C)c4)c(F)c3)ncc2N1C. The maximum atomic E-state index is 14.6. The molecule has 2 aliphatic rings. The van der Waals surface area contributed by atoms with Crippen molar-refractivity contribution in [1.29, 1.82) is 0 Å². The van der Waals surface area contributed by atoms with Crippen LogP contribution in [0.25, 0.3) is 5.69 Å². The van der Waals surface area contributed by atoms with Crippen molar-refractivity contribution < 1.29 is 4.39 Å². The molecule has 4 heterocycles. The predicted molar refractivity (Wildman–Crippen MR) is 111 cm³/mol. The lowest BCUT2D eigenvalue weighted by molar-refractivity contribution is 0.618. The van der Waals surface area contributed by atoms with Crippen LogP contribution in [0.2, 0.25) is 0 Å². The first-order valence-corrected chi connectivity index (χ1v) is 9.65. The molecule has 8 heteroatoms. The molecule has 5 rings (SSSR count). The van der Waals surface area contributed by atoms with E-state index in [1.54, 1.807) is 29.4 Å². The van der Waals surface area contributed by atoms with E-state index >= 15 is 0 Å². The Morgan fingerprint density at radius 1 is 1.24 bits per heavy atom. The average Bonchev–Trinajstić information content (AvgIpc) is 3.36. The molecule has 0 amide bonds. The van der Waals surface area contributed by atoms with Gasteiger partial charge in [0.05, 0.1) is 29.9 Å². The highest BCUT2D eigenvalue weighted by molar-refractivity contribution is 5.75. The molecular weight excluding hydrogens is 369 g/mol. The second kappa shape index (κ2) is 6.58. The number of nitrogens with zero attached hydrogens (tertiary/aromatic N) is 6. The number of rotatable bonds is 3. The van der Waals surface area contributed by atoms with E-state index in [2.05, 4.69) is 31.7 Å². The molecule has 1 fully saturated rings.